The number of anilines is 1. The molecule has 2 bridgehead atoms. The number of oxazole rings is 1. The zero-order chi connectivity index (χ0) is 30.1. The molecule has 2 aliphatic rings. The third kappa shape index (κ3) is 5.50. The SMILES string of the molecule is CC(C)(C)OC(=O)N1C2CCC1CN(c1nc3c(OC(F)(F)F)c(C(C)(O)C(F)(F)F)cc(-c4nccs4)c3o1)C2. The van der Waals surface area contributed by atoms with Crippen molar-refractivity contribution >= 4 is 34.5 Å². The van der Waals surface area contributed by atoms with Crippen LogP contribution in [0.5, 0.6) is 5.75 Å². The molecular formula is C25H26F6N4O5S. The van der Waals surface area contributed by atoms with Crippen LogP contribution in [0.1, 0.15) is 46.1 Å². The van der Waals surface area contributed by atoms with E-state index in [0.717, 1.165) is 17.4 Å². The fraction of sp³-hybridized carbons (Fsp3) is 0.560. The molecule has 1 amide bonds. The Balaban J connectivity index is 1.62. The van der Waals surface area contributed by atoms with Gasteiger partial charge in [0.15, 0.2) is 22.5 Å². The lowest BCUT2D eigenvalue weighted by molar-refractivity contribution is -0.280. The predicted molar refractivity (Wildman–Crippen MR) is 135 cm³/mol. The Kier molecular flexibility index (Phi) is 6.88. The van der Waals surface area contributed by atoms with Crippen LogP contribution in [-0.2, 0) is 10.3 Å². The standard InChI is InChI=1S/C25H26F6N4O5S/c1-22(2,3)40-21(36)35-12-5-6-13(35)11-34(10-12)20-33-16-17(38-20)14(19-32-7-8-41-19)9-15(18(16)39-25(29,30)31)23(4,37)24(26,27)28/h7-9,12-13,37H,5-6,10-11H2,1-4H3. The van der Waals surface area contributed by atoms with Crippen molar-refractivity contribution in [2.75, 3.05) is 18.0 Å². The Morgan fingerprint density at radius 2 is 1.73 bits per heavy atom. The molecule has 41 heavy (non-hydrogen) atoms. The predicted octanol–water partition coefficient (Wildman–Crippen LogP) is 6.21. The number of alkyl halides is 6. The third-order valence-electron chi connectivity index (χ3n) is 6.92. The van der Waals surface area contributed by atoms with Gasteiger partial charge in [-0.1, -0.05) is 0 Å². The van der Waals surface area contributed by atoms with E-state index >= 15 is 0 Å². The molecule has 0 spiro atoms. The van der Waals surface area contributed by atoms with Crippen LogP contribution in [0, 0.1) is 0 Å². The normalized spacial score (nSPS) is 21.3. The van der Waals surface area contributed by atoms with Crippen molar-refractivity contribution in [3.05, 3.63) is 23.2 Å². The summed E-state index contributed by atoms with van der Waals surface area (Å²) in [6.45, 7) is 5.94. The van der Waals surface area contributed by atoms with Crippen molar-refractivity contribution in [1.82, 2.24) is 14.9 Å². The first-order valence-electron chi connectivity index (χ1n) is 12.5. The average molecular weight is 609 g/mol. The van der Waals surface area contributed by atoms with E-state index in [2.05, 4.69) is 14.7 Å². The van der Waals surface area contributed by atoms with Crippen LogP contribution >= 0.6 is 11.3 Å². The number of carbonyl (C=O) groups is 1. The monoisotopic (exact) mass is 608 g/mol. The molecule has 224 valence electrons. The number of aliphatic hydroxyl groups is 1. The zero-order valence-corrected chi connectivity index (χ0v) is 23.1. The molecule has 3 aromatic rings. The van der Waals surface area contributed by atoms with Gasteiger partial charge in [0.1, 0.15) is 10.6 Å². The van der Waals surface area contributed by atoms with Gasteiger partial charge in [-0.15, -0.1) is 24.5 Å². The van der Waals surface area contributed by atoms with Crippen LogP contribution in [0.25, 0.3) is 21.7 Å². The summed E-state index contributed by atoms with van der Waals surface area (Å²) in [6, 6.07) is -0.0715. The van der Waals surface area contributed by atoms with E-state index in [1.165, 1.54) is 11.6 Å². The van der Waals surface area contributed by atoms with Crippen LogP contribution in [0.15, 0.2) is 22.1 Å². The van der Waals surface area contributed by atoms with Crippen molar-refractivity contribution < 1.29 is 50.1 Å². The van der Waals surface area contributed by atoms with Crippen LogP contribution in [0.3, 0.4) is 0 Å². The summed E-state index contributed by atoms with van der Waals surface area (Å²) in [5.74, 6) is -1.33. The number of amides is 1. The number of hydrogen-bond acceptors (Lipinski definition) is 9. The lowest BCUT2D eigenvalue weighted by Crippen LogP contribution is -2.56. The summed E-state index contributed by atoms with van der Waals surface area (Å²) in [5, 5.41) is 12.1. The van der Waals surface area contributed by atoms with E-state index < -0.39 is 46.7 Å². The quantitative estimate of drug-likeness (QED) is 0.349. The van der Waals surface area contributed by atoms with Crippen molar-refractivity contribution in [3.8, 4) is 16.3 Å². The van der Waals surface area contributed by atoms with E-state index in [-0.39, 0.29) is 47.3 Å². The number of ether oxygens (including phenoxy) is 2. The molecular weight excluding hydrogens is 582 g/mol. The number of piperazine rings is 1. The number of carbonyl (C=O) groups excluding carboxylic acids is 1. The number of nitrogens with zero attached hydrogens (tertiary/aromatic N) is 4. The summed E-state index contributed by atoms with van der Waals surface area (Å²) in [7, 11) is 0. The second-order valence-electron chi connectivity index (χ2n) is 11.1. The average Bonchev–Trinajstić information content (AvgIpc) is 3.55. The minimum Gasteiger partial charge on any atom is -0.444 e. The summed E-state index contributed by atoms with van der Waals surface area (Å²) in [5.41, 5.74) is -6.72. The van der Waals surface area contributed by atoms with Gasteiger partial charge in [-0.2, -0.15) is 18.2 Å². The van der Waals surface area contributed by atoms with Crippen molar-refractivity contribution in [3.63, 3.8) is 0 Å². The molecule has 1 aromatic carbocycles. The highest BCUT2D eigenvalue weighted by Crippen LogP contribution is 2.50. The van der Waals surface area contributed by atoms with Crippen LogP contribution in [0.2, 0.25) is 0 Å². The lowest BCUT2D eigenvalue weighted by Gasteiger charge is -2.40. The third-order valence-corrected chi connectivity index (χ3v) is 7.73. The van der Waals surface area contributed by atoms with E-state index in [4.69, 9.17) is 9.15 Å². The number of halogens is 6. The van der Waals surface area contributed by atoms with E-state index in [1.807, 2.05) is 0 Å². The zero-order valence-electron chi connectivity index (χ0n) is 22.3. The number of rotatable bonds is 4. The first-order chi connectivity index (χ1) is 18.9. The summed E-state index contributed by atoms with van der Waals surface area (Å²) >= 11 is 1.00. The molecule has 2 aliphatic heterocycles. The van der Waals surface area contributed by atoms with Gasteiger partial charge in [0.25, 0.3) is 6.01 Å². The lowest BCUT2D eigenvalue weighted by atomic mass is 9.92. The largest absolute Gasteiger partial charge is 0.573 e. The Morgan fingerprint density at radius 1 is 1.10 bits per heavy atom. The highest BCUT2D eigenvalue weighted by molar-refractivity contribution is 7.13. The fourth-order valence-corrected chi connectivity index (χ4v) is 5.76. The number of thiazole rings is 1. The maximum atomic E-state index is 13.9. The van der Waals surface area contributed by atoms with Crippen LogP contribution in [-0.4, -0.2) is 69.4 Å². The van der Waals surface area contributed by atoms with E-state index in [1.54, 1.807) is 30.6 Å². The molecule has 3 unspecified atom stereocenters. The molecule has 4 heterocycles. The Labute approximate surface area is 233 Å². The minimum atomic E-state index is -5.41. The Morgan fingerprint density at radius 3 is 2.24 bits per heavy atom. The minimum absolute atomic E-state index is 0.0989. The van der Waals surface area contributed by atoms with Crippen molar-refractivity contribution in [1.29, 1.82) is 0 Å². The van der Waals surface area contributed by atoms with Gasteiger partial charge >= 0.3 is 18.6 Å². The maximum absolute atomic E-state index is 13.9. The molecule has 1 N–H and O–H groups in total. The number of benzene rings is 1. The van der Waals surface area contributed by atoms with E-state index in [0.29, 0.717) is 19.8 Å². The highest BCUT2D eigenvalue weighted by Gasteiger charge is 2.54. The summed E-state index contributed by atoms with van der Waals surface area (Å²) < 4.78 is 97.7. The van der Waals surface area contributed by atoms with Crippen LogP contribution in [0.4, 0.5) is 37.2 Å². The van der Waals surface area contributed by atoms with Gasteiger partial charge in [-0.05, 0) is 46.6 Å². The Hall–Kier alpha value is -3.27. The highest BCUT2D eigenvalue weighted by atomic mass is 32.1. The molecule has 2 aromatic heterocycles. The van der Waals surface area contributed by atoms with Crippen molar-refractivity contribution in [2.45, 2.75) is 76.4 Å². The number of fused-ring (bicyclic) bond motifs is 3. The number of hydrogen-bond donors (Lipinski definition) is 1. The van der Waals surface area contributed by atoms with Gasteiger partial charge in [0.2, 0.25) is 0 Å². The molecule has 0 radical (unpaired) electrons. The molecule has 16 heteroatoms. The van der Waals surface area contributed by atoms with Gasteiger partial charge in [-0.3, -0.25) is 4.90 Å². The molecule has 0 aliphatic carbocycles. The van der Waals surface area contributed by atoms with Crippen molar-refractivity contribution in [2.24, 2.45) is 0 Å². The van der Waals surface area contributed by atoms with Gasteiger partial charge in [0, 0.05) is 30.2 Å². The van der Waals surface area contributed by atoms with Gasteiger partial charge < -0.3 is 23.9 Å². The van der Waals surface area contributed by atoms with Gasteiger partial charge in [0.05, 0.1) is 17.6 Å². The maximum Gasteiger partial charge on any atom is 0.573 e. The fourth-order valence-electron chi connectivity index (χ4n) is 5.10. The smallest absolute Gasteiger partial charge is 0.444 e. The molecule has 9 nitrogen and oxygen atoms in total. The van der Waals surface area contributed by atoms with Crippen LogP contribution < -0.4 is 9.64 Å². The first kappa shape index (κ1) is 29.2. The summed E-state index contributed by atoms with van der Waals surface area (Å²) in [6.07, 6.45) is -8.65. The molecule has 2 saturated heterocycles. The molecule has 0 saturated carbocycles. The number of aromatic nitrogens is 2. The topological polar surface area (TPSA) is 101 Å². The summed E-state index contributed by atoms with van der Waals surface area (Å²) in [4.78, 5) is 24.3. The Bertz CT molecular complexity index is 1430. The molecule has 3 atom stereocenters. The first-order valence-corrected chi connectivity index (χ1v) is 13.4. The molecule has 2 fully saturated rings. The second kappa shape index (κ2) is 9.64. The molecule has 5 rings (SSSR count). The van der Waals surface area contributed by atoms with E-state index in [9.17, 15) is 36.2 Å². The van der Waals surface area contributed by atoms with Gasteiger partial charge in [-0.25, -0.2) is 9.78 Å². The second-order valence-corrected chi connectivity index (χ2v) is 12.0.